The van der Waals surface area contributed by atoms with Crippen molar-refractivity contribution in [2.75, 3.05) is 27.1 Å². The molecule has 0 aliphatic carbocycles. The van der Waals surface area contributed by atoms with Gasteiger partial charge in [-0.25, -0.2) is 0 Å². The van der Waals surface area contributed by atoms with Gasteiger partial charge in [-0.3, -0.25) is 4.79 Å². The predicted molar refractivity (Wildman–Crippen MR) is 89.6 cm³/mol. The number of anilines is 1. The minimum absolute atomic E-state index is 0.0434. The molecule has 0 aliphatic rings. The largest absolute Gasteiger partial charge is 0.496 e. The number of aryl methyl sites for hydroxylation is 1. The Morgan fingerprint density at radius 1 is 0.957 bits per heavy atom. The van der Waals surface area contributed by atoms with Crippen LogP contribution in [0.15, 0.2) is 36.4 Å². The van der Waals surface area contributed by atoms with Gasteiger partial charge in [-0.05, 0) is 24.1 Å². The SMILES string of the molecule is COc1cc(OC)c(C(=O)CCc2ccc(N)cc2)c(OC)c1. The van der Waals surface area contributed by atoms with Crippen molar-refractivity contribution in [2.45, 2.75) is 12.8 Å². The Bertz CT molecular complexity index is 655. The highest BCUT2D eigenvalue weighted by Gasteiger charge is 2.20. The molecule has 2 aromatic carbocycles. The van der Waals surface area contributed by atoms with E-state index in [1.54, 1.807) is 19.2 Å². The van der Waals surface area contributed by atoms with Crippen LogP contribution in [0.25, 0.3) is 0 Å². The van der Waals surface area contributed by atoms with Crippen LogP contribution in [0.3, 0.4) is 0 Å². The highest BCUT2D eigenvalue weighted by Crippen LogP contribution is 2.35. The smallest absolute Gasteiger partial charge is 0.170 e. The fourth-order valence-electron chi connectivity index (χ4n) is 2.35. The van der Waals surface area contributed by atoms with Gasteiger partial charge in [0.1, 0.15) is 22.8 Å². The Kier molecular flexibility index (Phi) is 5.46. The first kappa shape index (κ1) is 16.7. The van der Waals surface area contributed by atoms with E-state index in [9.17, 15) is 4.79 Å². The summed E-state index contributed by atoms with van der Waals surface area (Å²) in [6.07, 6.45) is 0.973. The lowest BCUT2D eigenvalue weighted by Crippen LogP contribution is -2.07. The van der Waals surface area contributed by atoms with Crippen molar-refractivity contribution in [1.82, 2.24) is 0 Å². The number of ketones is 1. The van der Waals surface area contributed by atoms with Crippen molar-refractivity contribution in [3.63, 3.8) is 0 Å². The third-order valence-electron chi connectivity index (χ3n) is 3.61. The molecule has 5 nitrogen and oxygen atoms in total. The average molecular weight is 315 g/mol. The first-order valence-electron chi connectivity index (χ1n) is 7.26. The summed E-state index contributed by atoms with van der Waals surface area (Å²) in [5, 5.41) is 0. The molecule has 0 atom stereocenters. The lowest BCUT2D eigenvalue weighted by atomic mass is 10.0. The standard InChI is InChI=1S/C18H21NO4/c1-21-14-10-16(22-2)18(17(11-14)23-3)15(20)9-6-12-4-7-13(19)8-5-12/h4-5,7-8,10-11H,6,9,19H2,1-3H3. The molecule has 0 aromatic heterocycles. The van der Waals surface area contributed by atoms with E-state index in [4.69, 9.17) is 19.9 Å². The molecule has 0 heterocycles. The van der Waals surface area contributed by atoms with Gasteiger partial charge in [-0.15, -0.1) is 0 Å². The summed E-state index contributed by atoms with van der Waals surface area (Å²) in [6, 6.07) is 10.9. The van der Waals surface area contributed by atoms with E-state index in [1.807, 2.05) is 24.3 Å². The minimum Gasteiger partial charge on any atom is -0.496 e. The number of benzene rings is 2. The van der Waals surface area contributed by atoms with Crippen molar-refractivity contribution in [2.24, 2.45) is 0 Å². The van der Waals surface area contributed by atoms with Gasteiger partial charge >= 0.3 is 0 Å². The highest BCUT2D eigenvalue weighted by molar-refractivity contribution is 6.01. The van der Waals surface area contributed by atoms with Gasteiger partial charge in [0.05, 0.1) is 21.3 Å². The molecule has 23 heavy (non-hydrogen) atoms. The second kappa shape index (κ2) is 7.54. The molecule has 2 N–H and O–H groups in total. The number of hydrogen-bond acceptors (Lipinski definition) is 5. The summed E-state index contributed by atoms with van der Waals surface area (Å²) in [5.41, 5.74) is 7.86. The summed E-state index contributed by atoms with van der Waals surface area (Å²) in [5.74, 6) is 1.43. The zero-order valence-electron chi connectivity index (χ0n) is 13.6. The Morgan fingerprint density at radius 3 is 2.00 bits per heavy atom. The molecule has 5 heteroatoms. The molecule has 122 valence electrons. The van der Waals surface area contributed by atoms with Crippen molar-refractivity contribution in [3.8, 4) is 17.2 Å². The Labute approximate surface area is 136 Å². The second-order valence-electron chi connectivity index (χ2n) is 5.07. The van der Waals surface area contributed by atoms with Crippen LogP contribution in [0.5, 0.6) is 17.2 Å². The van der Waals surface area contributed by atoms with E-state index in [2.05, 4.69) is 0 Å². The van der Waals surface area contributed by atoms with Crippen LogP contribution >= 0.6 is 0 Å². The number of nitrogen functional groups attached to an aromatic ring is 1. The Morgan fingerprint density at radius 2 is 1.52 bits per heavy atom. The monoisotopic (exact) mass is 315 g/mol. The number of methoxy groups -OCH3 is 3. The van der Waals surface area contributed by atoms with Crippen molar-refractivity contribution < 1.29 is 19.0 Å². The Balaban J connectivity index is 2.22. The van der Waals surface area contributed by atoms with Gasteiger partial charge in [0.25, 0.3) is 0 Å². The van der Waals surface area contributed by atoms with E-state index in [0.29, 0.717) is 41.3 Å². The predicted octanol–water partition coefficient (Wildman–Crippen LogP) is 3.11. The van der Waals surface area contributed by atoms with Crippen LogP contribution in [0.4, 0.5) is 5.69 Å². The molecule has 0 saturated carbocycles. The van der Waals surface area contributed by atoms with Crippen LogP contribution in [0.1, 0.15) is 22.3 Å². The molecular formula is C18H21NO4. The molecule has 2 aromatic rings. The molecule has 2 rings (SSSR count). The van der Waals surface area contributed by atoms with Crippen LogP contribution in [0, 0.1) is 0 Å². The fourth-order valence-corrected chi connectivity index (χ4v) is 2.35. The molecule has 0 bridgehead atoms. The molecule has 0 spiro atoms. The first-order chi connectivity index (χ1) is 11.1. The van der Waals surface area contributed by atoms with Gasteiger partial charge in [0, 0.05) is 24.2 Å². The van der Waals surface area contributed by atoms with E-state index in [0.717, 1.165) is 5.56 Å². The highest BCUT2D eigenvalue weighted by atomic mass is 16.5. The number of carbonyl (C=O) groups excluding carboxylic acids is 1. The number of hydrogen-bond donors (Lipinski definition) is 1. The van der Waals surface area contributed by atoms with Crippen LogP contribution < -0.4 is 19.9 Å². The van der Waals surface area contributed by atoms with Gasteiger partial charge in [-0.2, -0.15) is 0 Å². The lowest BCUT2D eigenvalue weighted by molar-refractivity contribution is 0.0976. The van der Waals surface area contributed by atoms with Crippen LogP contribution in [-0.2, 0) is 6.42 Å². The van der Waals surface area contributed by atoms with E-state index in [-0.39, 0.29) is 5.78 Å². The molecular weight excluding hydrogens is 294 g/mol. The maximum absolute atomic E-state index is 12.6. The number of rotatable bonds is 7. The number of ether oxygens (including phenoxy) is 3. The molecule has 0 radical (unpaired) electrons. The zero-order chi connectivity index (χ0) is 16.8. The Hall–Kier alpha value is -2.69. The third kappa shape index (κ3) is 3.94. The molecule has 0 unspecified atom stereocenters. The van der Waals surface area contributed by atoms with Crippen molar-refractivity contribution >= 4 is 11.5 Å². The third-order valence-corrected chi connectivity index (χ3v) is 3.61. The first-order valence-corrected chi connectivity index (χ1v) is 7.26. The quantitative estimate of drug-likeness (QED) is 0.628. The molecule has 0 saturated heterocycles. The normalized spacial score (nSPS) is 10.2. The maximum Gasteiger partial charge on any atom is 0.170 e. The molecule has 0 aliphatic heterocycles. The van der Waals surface area contributed by atoms with Gasteiger partial charge in [0.15, 0.2) is 5.78 Å². The van der Waals surface area contributed by atoms with Crippen molar-refractivity contribution in [3.05, 3.63) is 47.5 Å². The summed E-state index contributed by atoms with van der Waals surface area (Å²) < 4.78 is 15.8. The zero-order valence-corrected chi connectivity index (χ0v) is 13.6. The number of nitrogens with two attached hydrogens (primary N) is 1. The van der Waals surface area contributed by atoms with Crippen LogP contribution in [0.2, 0.25) is 0 Å². The van der Waals surface area contributed by atoms with Gasteiger partial charge < -0.3 is 19.9 Å². The molecule has 0 fully saturated rings. The summed E-state index contributed by atoms with van der Waals surface area (Å²) in [4.78, 5) is 12.6. The molecule has 0 amide bonds. The fraction of sp³-hybridized carbons (Fsp3) is 0.278. The van der Waals surface area contributed by atoms with E-state index < -0.39 is 0 Å². The van der Waals surface area contributed by atoms with Crippen molar-refractivity contribution in [1.29, 1.82) is 0 Å². The van der Waals surface area contributed by atoms with E-state index >= 15 is 0 Å². The van der Waals surface area contributed by atoms with E-state index in [1.165, 1.54) is 14.2 Å². The van der Waals surface area contributed by atoms with Gasteiger partial charge in [0.2, 0.25) is 0 Å². The summed E-state index contributed by atoms with van der Waals surface area (Å²) in [7, 11) is 4.59. The lowest BCUT2D eigenvalue weighted by Gasteiger charge is -2.14. The average Bonchev–Trinajstić information content (AvgIpc) is 2.59. The van der Waals surface area contributed by atoms with Gasteiger partial charge in [-0.1, -0.05) is 12.1 Å². The topological polar surface area (TPSA) is 70.8 Å². The minimum atomic E-state index is -0.0434. The number of Topliss-reactive ketones (excluding diaryl/α,β-unsaturated/α-hetero) is 1. The summed E-state index contributed by atoms with van der Waals surface area (Å²) >= 11 is 0. The maximum atomic E-state index is 12.6. The number of carbonyl (C=O) groups is 1. The summed E-state index contributed by atoms with van der Waals surface area (Å²) in [6.45, 7) is 0. The van der Waals surface area contributed by atoms with Crippen LogP contribution in [-0.4, -0.2) is 27.1 Å². The second-order valence-corrected chi connectivity index (χ2v) is 5.07.